The third-order valence-corrected chi connectivity index (χ3v) is 5.45. The van der Waals surface area contributed by atoms with Crippen LogP contribution in [0.5, 0.6) is 0 Å². The molecule has 0 bridgehead atoms. The second-order valence-electron chi connectivity index (χ2n) is 6.05. The smallest absolute Gasteiger partial charge is 0.462 e. The number of phosphoric acid groups is 2. The van der Waals surface area contributed by atoms with Crippen LogP contribution in [-0.4, -0.2) is 45.9 Å². The van der Waals surface area contributed by atoms with Crippen molar-refractivity contribution in [2.45, 2.75) is 71.3 Å². The number of carbonyl (C=O) groups is 2. The van der Waals surface area contributed by atoms with E-state index < -0.39 is 46.9 Å². The first-order valence-corrected chi connectivity index (χ1v) is 12.1. The van der Waals surface area contributed by atoms with Gasteiger partial charge in [-0.05, 0) is 12.8 Å². The third-order valence-electron chi connectivity index (χ3n) is 3.30. The zero-order valence-electron chi connectivity index (χ0n) is 16.2. The largest absolute Gasteiger partial charge is 0.481 e. The van der Waals surface area contributed by atoms with Gasteiger partial charge >= 0.3 is 27.6 Å². The van der Waals surface area contributed by atoms with Crippen LogP contribution in [0.25, 0.3) is 0 Å². The highest BCUT2D eigenvalue weighted by molar-refractivity contribution is 7.60. The van der Waals surface area contributed by atoms with Crippen LogP contribution in [0.1, 0.15) is 65.2 Å². The Bertz CT molecular complexity index is 560. The van der Waals surface area contributed by atoms with Gasteiger partial charge in [0.05, 0.1) is 6.61 Å². The monoisotopic (exact) mass is 448 g/mol. The predicted molar refractivity (Wildman–Crippen MR) is 98.0 cm³/mol. The van der Waals surface area contributed by atoms with E-state index in [0.717, 1.165) is 25.7 Å². The molecule has 3 N–H and O–H groups in total. The summed E-state index contributed by atoms with van der Waals surface area (Å²) in [6.45, 7) is 2.64. The van der Waals surface area contributed by atoms with Crippen LogP contribution in [0, 0.1) is 0 Å². The summed E-state index contributed by atoms with van der Waals surface area (Å²) < 4.78 is 40.3. The third kappa shape index (κ3) is 16.2. The first-order valence-electron chi connectivity index (χ1n) is 9.08. The molecule has 1 unspecified atom stereocenters. The first-order chi connectivity index (χ1) is 13.0. The van der Waals surface area contributed by atoms with Crippen LogP contribution in [0.15, 0.2) is 0 Å². The van der Waals surface area contributed by atoms with Gasteiger partial charge in [-0.3, -0.25) is 14.1 Å². The maximum atomic E-state index is 11.9. The van der Waals surface area contributed by atoms with Gasteiger partial charge in [-0.25, -0.2) is 9.13 Å². The van der Waals surface area contributed by atoms with Crippen LogP contribution in [0.2, 0.25) is 0 Å². The zero-order chi connectivity index (χ0) is 21.6. The summed E-state index contributed by atoms with van der Waals surface area (Å²) >= 11 is 0. The second-order valence-corrected chi connectivity index (χ2v) is 8.88. The molecule has 0 saturated heterocycles. The maximum absolute atomic E-state index is 11.9. The van der Waals surface area contributed by atoms with Gasteiger partial charge in [0.2, 0.25) is 0 Å². The van der Waals surface area contributed by atoms with Crippen molar-refractivity contribution in [3.8, 4) is 0 Å². The van der Waals surface area contributed by atoms with Gasteiger partial charge in [-0.1, -0.05) is 39.5 Å². The van der Waals surface area contributed by atoms with Crippen molar-refractivity contribution >= 4 is 27.6 Å². The Morgan fingerprint density at radius 3 is 2.07 bits per heavy atom. The lowest BCUT2D eigenvalue weighted by Crippen LogP contribution is -2.29. The van der Waals surface area contributed by atoms with E-state index in [1.54, 1.807) is 6.92 Å². The Morgan fingerprint density at radius 1 is 0.857 bits per heavy atom. The van der Waals surface area contributed by atoms with E-state index in [2.05, 4.69) is 15.8 Å². The van der Waals surface area contributed by atoms with E-state index in [1.807, 2.05) is 0 Å². The molecule has 0 aromatic carbocycles. The highest BCUT2D eigenvalue weighted by Gasteiger charge is 2.33. The molecule has 0 rings (SSSR count). The Hall–Kier alpha value is -0.800. The fraction of sp³-hybridized carbons (Fsp3) is 0.867. The number of esters is 2. The molecule has 0 aromatic heterocycles. The molecule has 0 aliphatic heterocycles. The van der Waals surface area contributed by atoms with Gasteiger partial charge in [0.25, 0.3) is 0 Å². The Morgan fingerprint density at radius 2 is 1.50 bits per heavy atom. The zero-order valence-corrected chi connectivity index (χ0v) is 17.9. The number of hydrogen-bond acceptors (Lipinski definition) is 8. The normalized spacial score (nSPS) is 14.9. The summed E-state index contributed by atoms with van der Waals surface area (Å²) in [6.07, 6.45) is 4.11. The molecule has 0 fully saturated rings. The molecule has 166 valence electrons. The number of unbranched alkanes of at least 4 members (excludes halogenated alkanes) is 4. The van der Waals surface area contributed by atoms with Crippen LogP contribution < -0.4 is 0 Å². The number of hydrogen-bond donors (Lipinski definition) is 3. The molecule has 28 heavy (non-hydrogen) atoms. The SMILES string of the molecule is CCCCCCCC(=O)O[C@H](COC(=O)CCC)COP(=O)(O)OP(=O)(O)O. The van der Waals surface area contributed by atoms with Gasteiger partial charge in [0.1, 0.15) is 6.61 Å². The molecular formula is C15H30O11P2. The Balaban J connectivity index is 4.64. The average Bonchev–Trinajstić information content (AvgIpc) is 2.55. The van der Waals surface area contributed by atoms with Crippen LogP contribution in [0.4, 0.5) is 0 Å². The van der Waals surface area contributed by atoms with Gasteiger partial charge < -0.3 is 24.2 Å². The molecule has 0 amide bonds. The molecule has 0 aromatic rings. The molecule has 11 nitrogen and oxygen atoms in total. The maximum Gasteiger partial charge on any atom is 0.481 e. The minimum atomic E-state index is -5.27. The van der Waals surface area contributed by atoms with Crippen LogP contribution in [-0.2, 0) is 37.0 Å². The fourth-order valence-corrected chi connectivity index (χ4v) is 3.65. The molecule has 0 radical (unpaired) electrons. The minimum Gasteiger partial charge on any atom is -0.462 e. The van der Waals surface area contributed by atoms with E-state index in [9.17, 15) is 23.6 Å². The van der Waals surface area contributed by atoms with Crippen molar-refractivity contribution in [3.63, 3.8) is 0 Å². The molecule has 0 aliphatic rings. The number of carbonyl (C=O) groups excluding carboxylic acids is 2. The summed E-state index contributed by atoms with van der Waals surface area (Å²) in [5.74, 6) is -1.16. The van der Waals surface area contributed by atoms with Gasteiger partial charge in [-0.2, -0.15) is 4.31 Å². The molecule has 0 saturated carbocycles. The number of phosphoric ester groups is 1. The number of rotatable bonds is 16. The lowest BCUT2D eigenvalue weighted by Gasteiger charge is -2.19. The molecule has 0 heterocycles. The quantitative estimate of drug-likeness (QED) is 0.180. The summed E-state index contributed by atoms with van der Waals surface area (Å²) in [4.78, 5) is 49.8. The summed E-state index contributed by atoms with van der Waals surface area (Å²) in [6, 6.07) is 0. The Kier molecular flexibility index (Phi) is 13.8. The highest BCUT2D eigenvalue weighted by Crippen LogP contribution is 2.57. The average molecular weight is 448 g/mol. The van der Waals surface area contributed by atoms with Gasteiger partial charge in [-0.15, -0.1) is 0 Å². The van der Waals surface area contributed by atoms with Gasteiger partial charge in [0, 0.05) is 12.8 Å². The topological polar surface area (TPSA) is 166 Å². The van der Waals surface area contributed by atoms with Crippen molar-refractivity contribution in [2.75, 3.05) is 13.2 Å². The van der Waals surface area contributed by atoms with E-state index in [4.69, 9.17) is 19.3 Å². The second kappa shape index (κ2) is 14.2. The molecule has 13 heteroatoms. The molecular weight excluding hydrogens is 418 g/mol. The van der Waals surface area contributed by atoms with E-state index in [0.29, 0.717) is 12.8 Å². The van der Waals surface area contributed by atoms with Crippen LogP contribution in [0.3, 0.4) is 0 Å². The molecule has 0 spiro atoms. The van der Waals surface area contributed by atoms with Crippen molar-refractivity contribution in [3.05, 3.63) is 0 Å². The standard InChI is InChI=1S/C15H30O11P2/c1-3-5-6-7-8-10-15(17)25-13(11-23-14(16)9-4-2)12-24-28(21,22)26-27(18,19)20/h13H,3-12H2,1-2H3,(H,21,22)(H2,18,19,20)/t13-/m1/s1. The minimum absolute atomic E-state index is 0.110. The summed E-state index contributed by atoms with van der Waals surface area (Å²) in [7, 11) is -10.4. The van der Waals surface area contributed by atoms with Crippen molar-refractivity contribution in [1.29, 1.82) is 0 Å². The number of ether oxygens (including phenoxy) is 2. The lowest BCUT2D eigenvalue weighted by molar-refractivity contribution is -0.161. The fourth-order valence-electron chi connectivity index (χ4n) is 2.03. The first kappa shape index (κ1) is 27.2. The summed E-state index contributed by atoms with van der Waals surface area (Å²) in [5, 5.41) is 0. The van der Waals surface area contributed by atoms with Crippen molar-refractivity contribution in [2.24, 2.45) is 0 Å². The van der Waals surface area contributed by atoms with E-state index >= 15 is 0 Å². The van der Waals surface area contributed by atoms with Crippen LogP contribution >= 0.6 is 15.6 Å². The highest BCUT2D eigenvalue weighted by atomic mass is 31.3. The van der Waals surface area contributed by atoms with Gasteiger partial charge in [0.15, 0.2) is 6.10 Å². The Labute approximate surface area is 164 Å². The summed E-state index contributed by atoms with van der Waals surface area (Å²) in [5.41, 5.74) is 0. The lowest BCUT2D eigenvalue weighted by atomic mass is 10.1. The molecule has 2 atom stereocenters. The van der Waals surface area contributed by atoms with Crippen molar-refractivity contribution in [1.82, 2.24) is 0 Å². The predicted octanol–water partition coefficient (Wildman–Crippen LogP) is 2.83. The van der Waals surface area contributed by atoms with E-state index in [1.165, 1.54) is 0 Å². The molecule has 0 aliphatic carbocycles. The van der Waals surface area contributed by atoms with E-state index in [-0.39, 0.29) is 12.8 Å². The van der Waals surface area contributed by atoms with Crippen molar-refractivity contribution < 1.29 is 51.7 Å².